The topological polar surface area (TPSA) is 49.3 Å². The predicted octanol–water partition coefficient (Wildman–Crippen LogP) is 1.98. The van der Waals surface area contributed by atoms with Crippen LogP contribution in [0.1, 0.15) is 23.2 Å². The summed E-state index contributed by atoms with van der Waals surface area (Å²) >= 11 is 5.60. The Morgan fingerprint density at radius 2 is 2.24 bits per heavy atom. The number of hydrogen-bond acceptors (Lipinski definition) is 2. The molecule has 1 amide bonds. The summed E-state index contributed by atoms with van der Waals surface area (Å²) in [5, 5.41) is 12.0. The van der Waals surface area contributed by atoms with Gasteiger partial charge in [-0.25, -0.2) is 4.39 Å². The molecule has 0 atom stereocenters. The maximum absolute atomic E-state index is 13.4. The molecule has 1 fully saturated rings. The smallest absolute Gasteiger partial charge is 0.254 e. The van der Waals surface area contributed by atoms with E-state index in [2.05, 4.69) is 5.32 Å². The fourth-order valence-electron chi connectivity index (χ4n) is 1.87. The molecule has 17 heavy (non-hydrogen) atoms. The molecule has 0 aromatic heterocycles. The van der Waals surface area contributed by atoms with Gasteiger partial charge in [0.15, 0.2) is 0 Å². The van der Waals surface area contributed by atoms with Gasteiger partial charge in [-0.2, -0.15) is 0 Å². The lowest BCUT2D eigenvalue weighted by Gasteiger charge is -2.31. The number of halogens is 2. The highest BCUT2D eigenvalue weighted by Gasteiger charge is 2.27. The summed E-state index contributed by atoms with van der Waals surface area (Å²) < 4.78 is 13.4. The van der Waals surface area contributed by atoms with Crippen LogP contribution in [0, 0.1) is 11.7 Å². The van der Waals surface area contributed by atoms with Crippen molar-refractivity contribution < 1.29 is 14.3 Å². The molecule has 2 N–H and O–H groups in total. The van der Waals surface area contributed by atoms with E-state index in [1.807, 2.05) is 0 Å². The monoisotopic (exact) mass is 257 g/mol. The van der Waals surface area contributed by atoms with E-state index in [9.17, 15) is 9.18 Å². The fraction of sp³-hybridized carbons (Fsp3) is 0.417. The standard InChI is InChI=1S/C12H13ClFNO2/c13-8-1-2-10(11(14)5-8)12(17)15-6-7-3-9(16)4-7/h1-2,5,7,9,16H,3-4,6H2,(H,15,17). The van der Waals surface area contributed by atoms with Crippen LogP contribution in [-0.2, 0) is 0 Å². The summed E-state index contributed by atoms with van der Waals surface area (Å²) in [4.78, 5) is 11.6. The molecule has 1 aliphatic carbocycles. The SMILES string of the molecule is O=C(NCC1CC(O)C1)c1ccc(Cl)cc1F. The summed E-state index contributed by atoms with van der Waals surface area (Å²) in [5.74, 6) is -0.770. The van der Waals surface area contributed by atoms with Crippen molar-refractivity contribution in [2.75, 3.05) is 6.54 Å². The zero-order chi connectivity index (χ0) is 12.4. The van der Waals surface area contributed by atoms with Crippen molar-refractivity contribution in [2.24, 2.45) is 5.92 Å². The number of amides is 1. The van der Waals surface area contributed by atoms with Crippen molar-refractivity contribution in [1.29, 1.82) is 0 Å². The zero-order valence-corrected chi connectivity index (χ0v) is 9.88. The first kappa shape index (κ1) is 12.3. The highest BCUT2D eigenvalue weighted by atomic mass is 35.5. The molecule has 3 nitrogen and oxygen atoms in total. The average molecular weight is 258 g/mol. The molecule has 0 saturated heterocycles. The number of nitrogens with one attached hydrogen (secondary N) is 1. The molecule has 1 aromatic rings. The number of carbonyl (C=O) groups excluding carboxylic acids is 1. The highest BCUT2D eigenvalue weighted by Crippen LogP contribution is 2.26. The molecule has 1 aromatic carbocycles. The first-order chi connectivity index (χ1) is 8.06. The summed E-state index contributed by atoms with van der Waals surface area (Å²) in [7, 11) is 0. The Labute approximate surface area is 104 Å². The molecule has 0 bridgehead atoms. The average Bonchev–Trinajstić information content (AvgIpc) is 2.22. The molecule has 0 spiro atoms. The molecule has 1 saturated carbocycles. The van der Waals surface area contributed by atoms with Crippen molar-refractivity contribution in [3.05, 3.63) is 34.6 Å². The van der Waals surface area contributed by atoms with Crippen LogP contribution < -0.4 is 5.32 Å². The van der Waals surface area contributed by atoms with Gasteiger partial charge in [0.1, 0.15) is 5.82 Å². The van der Waals surface area contributed by atoms with Crippen molar-refractivity contribution >= 4 is 17.5 Å². The summed E-state index contributed by atoms with van der Waals surface area (Å²) in [5.41, 5.74) is -0.00530. The lowest BCUT2D eigenvalue weighted by molar-refractivity contribution is 0.0420. The number of benzene rings is 1. The highest BCUT2D eigenvalue weighted by molar-refractivity contribution is 6.30. The number of hydrogen-bond donors (Lipinski definition) is 2. The summed E-state index contributed by atoms with van der Waals surface area (Å²) in [6.07, 6.45) is 1.15. The van der Waals surface area contributed by atoms with E-state index in [0.29, 0.717) is 25.3 Å². The van der Waals surface area contributed by atoms with E-state index < -0.39 is 11.7 Å². The van der Waals surface area contributed by atoms with Crippen LogP contribution in [0.4, 0.5) is 4.39 Å². The molecular weight excluding hydrogens is 245 g/mol. The van der Waals surface area contributed by atoms with Crippen LogP contribution in [0.25, 0.3) is 0 Å². The van der Waals surface area contributed by atoms with Gasteiger partial charge in [0.25, 0.3) is 5.91 Å². The molecule has 0 heterocycles. The molecular formula is C12H13ClFNO2. The van der Waals surface area contributed by atoms with Crippen molar-refractivity contribution in [3.63, 3.8) is 0 Å². The van der Waals surface area contributed by atoms with E-state index in [-0.39, 0.29) is 16.7 Å². The van der Waals surface area contributed by atoms with E-state index in [0.717, 1.165) is 6.07 Å². The fourth-order valence-corrected chi connectivity index (χ4v) is 2.03. The minimum absolute atomic E-state index is 0.00530. The van der Waals surface area contributed by atoms with Gasteiger partial charge >= 0.3 is 0 Å². The second-order valence-corrected chi connectivity index (χ2v) is 4.76. The van der Waals surface area contributed by atoms with Gasteiger partial charge in [0, 0.05) is 11.6 Å². The third kappa shape index (κ3) is 2.96. The van der Waals surface area contributed by atoms with Crippen LogP contribution >= 0.6 is 11.6 Å². The Morgan fingerprint density at radius 3 is 2.82 bits per heavy atom. The van der Waals surface area contributed by atoms with Crippen molar-refractivity contribution in [1.82, 2.24) is 5.32 Å². The van der Waals surface area contributed by atoms with Crippen molar-refractivity contribution in [3.8, 4) is 0 Å². The van der Waals surface area contributed by atoms with Crippen LogP contribution in [0.3, 0.4) is 0 Å². The van der Waals surface area contributed by atoms with Gasteiger partial charge in [-0.05, 0) is 37.0 Å². The minimum atomic E-state index is -0.622. The van der Waals surface area contributed by atoms with E-state index in [1.54, 1.807) is 0 Å². The second kappa shape index (κ2) is 5.02. The maximum atomic E-state index is 13.4. The van der Waals surface area contributed by atoms with Gasteiger partial charge in [-0.1, -0.05) is 11.6 Å². The normalized spacial score (nSPS) is 23.0. The predicted molar refractivity (Wildman–Crippen MR) is 62.5 cm³/mol. The van der Waals surface area contributed by atoms with Crippen molar-refractivity contribution in [2.45, 2.75) is 18.9 Å². The lowest BCUT2D eigenvalue weighted by Crippen LogP contribution is -2.38. The van der Waals surface area contributed by atoms with Gasteiger partial charge in [-0.15, -0.1) is 0 Å². The first-order valence-corrected chi connectivity index (χ1v) is 5.85. The van der Waals surface area contributed by atoms with E-state index in [4.69, 9.17) is 16.7 Å². The second-order valence-electron chi connectivity index (χ2n) is 4.33. The minimum Gasteiger partial charge on any atom is -0.393 e. The summed E-state index contributed by atoms with van der Waals surface area (Å²) in [6.45, 7) is 0.470. The lowest BCUT2D eigenvalue weighted by atomic mass is 9.82. The van der Waals surface area contributed by atoms with Crippen LogP contribution in [-0.4, -0.2) is 23.7 Å². The third-order valence-corrected chi connectivity index (χ3v) is 3.17. The molecule has 0 unspecified atom stereocenters. The third-order valence-electron chi connectivity index (χ3n) is 2.94. The van der Waals surface area contributed by atoms with Crippen LogP contribution in [0.5, 0.6) is 0 Å². The van der Waals surface area contributed by atoms with E-state index in [1.165, 1.54) is 12.1 Å². The van der Waals surface area contributed by atoms with Gasteiger partial charge in [-0.3, -0.25) is 4.79 Å². The largest absolute Gasteiger partial charge is 0.393 e. The Balaban J connectivity index is 1.91. The maximum Gasteiger partial charge on any atom is 0.254 e. The summed E-state index contributed by atoms with van der Waals surface area (Å²) in [6, 6.07) is 3.96. The quantitative estimate of drug-likeness (QED) is 0.870. The number of rotatable bonds is 3. The first-order valence-electron chi connectivity index (χ1n) is 5.47. The number of aliphatic hydroxyl groups is 1. The molecule has 0 aliphatic heterocycles. The molecule has 2 rings (SSSR count). The number of aliphatic hydroxyl groups excluding tert-OH is 1. The molecule has 0 radical (unpaired) electrons. The zero-order valence-electron chi connectivity index (χ0n) is 9.12. The molecule has 1 aliphatic rings. The number of carbonyl (C=O) groups is 1. The van der Waals surface area contributed by atoms with Crippen LogP contribution in [0.2, 0.25) is 5.02 Å². The van der Waals surface area contributed by atoms with E-state index >= 15 is 0 Å². The Morgan fingerprint density at radius 1 is 1.53 bits per heavy atom. The Bertz CT molecular complexity index is 433. The van der Waals surface area contributed by atoms with Gasteiger partial charge < -0.3 is 10.4 Å². The van der Waals surface area contributed by atoms with Crippen LogP contribution in [0.15, 0.2) is 18.2 Å². The van der Waals surface area contributed by atoms with Gasteiger partial charge in [0.05, 0.1) is 11.7 Å². The molecule has 92 valence electrons. The molecule has 5 heteroatoms. The van der Waals surface area contributed by atoms with Gasteiger partial charge in [0.2, 0.25) is 0 Å². The Hall–Kier alpha value is -1.13. The Kier molecular flexibility index (Phi) is 3.64.